The molecule has 6 nitrogen and oxygen atoms in total. The highest BCUT2D eigenvalue weighted by Gasteiger charge is 2.14. The zero-order valence-electron chi connectivity index (χ0n) is 9.72. The van der Waals surface area contributed by atoms with E-state index in [1.54, 1.807) is 6.07 Å². The number of aliphatic carboxylic acids is 1. The molecule has 2 rings (SSSR count). The van der Waals surface area contributed by atoms with Crippen molar-refractivity contribution in [3.63, 3.8) is 0 Å². The third kappa shape index (κ3) is 3.71. The number of nitrogens with zero attached hydrogens (tertiary/aromatic N) is 2. The average molecular weight is 247 g/mol. The van der Waals surface area contributed by atoms with E-state index in [0.29, 0.717) is 11.6 Å². The van der Waals surface area contributed by atoms with Crippen LogP contribution in [-0.4, -0.2) is 40.2 Å². The van der Waals surface area contributed by atoms with Crippen LogP contribution in [0, 0.1) is 11.8 Å². The second-order valence-electron chi connectivity index (χ2n) is 3.86. The molecule has 1 aromatic rings. The van der Waals surface area contributed by atoms with Gasteiger partial charge in [0.15, 0.2) is 0 Å². The maximum absolute atomic E-state index is 10.3. The Bertz CT molecular complexity index is 487. The third-order valence-corrected chi connectivity index (χ3v) is 2.51. The Morgan fingerprint density at radius 1 is 1.44 bits per heavy atom. The molecule has 1 aromatic heterocycles. The molecule has 2 N–H and O–H groups in total. The molecule has 2 heterocycles. The van der Waals surface area contributed by atoms with E-state index in [1.165, 1.54) is 6.33 Å². The smallest absolute Gasteiger partial charge is 0.382 e. The van der Waals surface area contributed by atoms with Crippen LogP contribution in [0.3, 0.4) is 0 Å². The second kappa shape index (κ2) is 5.98. The van der Waals surface area contributed by atoms with Crippen molar-refractivity contribution in [1.82, 2.24) is 15.3 Å². The molecule has 0 aliphatic carbocycles. The van der Waals surface area contributed by atoms with E-state index in [0.717, 1.165) is 25.9 Å². The standard InChI is InChI=1S/C12H13N3O3/c16-12(17)2-1-9-7-11(15-8-14-9)18-10-3-5-13-6-4-10/h7-8,10,13H,3-6H2,(H,16,17). The summed E-state index contributed by atoms with van der Waals surface area (Å²) in [6.45, 7) is 1.86. The Hall–Kier alpha value is -2.13. The number of hydrogen-bond donors (Lipinski definition) is 2. The Morgan fingerprint density at radius 3 is 2.94 bits per heavy atom. The monoisotopic (exact) mass is 247 g/mol. The van der Waals surface area contributed by atoms with Gasteiger partial charge in [-0.25, -0.2) is 14.8 Å². The maximum Gasteiger partial charge on any atom is 0.382 e. The van der Waals surface area contributed by atoms with Gasteiger partial charge in [-0.05, 0) is 31.9 Å². The Labute approximate surface area is 104 Å². The zero-order valence-corrected chi connectivity index (χ0v) is 9.72. The van der Waals surface area contributed by atoms with Gasteiger partial charge in [0.25, 0.3) is 0 Å². The molecule has 1 aliphatic heterocycles. The van der Waals surface area contributed by atoms with Gasteiger partial charge < -0.3 is 15.2 Å². The molecule has 0 atom stereocenters. The van der Waals surface area contributed by atoms with Crippen LogP contribution in [-0.2, 0) is 4.79 Å². The molecule has 0 bridgehead atoms. The van der Waals surface area contributed by atoms with Gasteiger partial charge in [-0.1, -0.05) is 0 Å². The van der Waals surface area contributed by atoms with Gasteiger partial charge in [0.1, 0.15) is 18.1 Å². The van der Waals surface area contributed by atoms with Crippen molar-refractivity contribution >= 4 is 5.97 Å². The van der Waals surface area contributed by atoms with Gasteiger partial charge in [-0.15, -0.1) is 0 Å². The molecule has 94 valence electrons. The molecule has 0 spiro atoms. The Balaban J connectivity index is 2.03. The molecule has 1 saturated heterocycles. The fraction of sp³-hybridized carbons (Fsp3) is 0.417. The Kier molecular flexibility index (Phi) is 4.10. The summed E-state index contributed by atoms with van der Waals surface area (Å²) >= 11 is 0. The molecule has 1 fully saturated rings. The van der Waals surface area contributed by atoms with Gasteiger partial charge in [0.05, 0.1) is 0 Å². The van der Waals surface area contributed by atoms with Crippen LogP contribution in [0.15, 0.2) is 12.4 Å². The van der Waals surface area contributed by atoms with Crippen LogP contribution in [0.2, 0.25) is 0 Å². The molecule has 1 aliphatic rings. The number of carboxylic acid groups (broad SMARTS) is 1. The SMILES string of the molecule is O=C(O)C#Cc1cc(OC2CCNCC2)ncn1. The highest BCUT2D eigenvalue weighted by atomic mass is 16.5. The van der Waals surface area contributed by atoms with Crippen LogP contribution < -0.4 is 10.1 Å². The third-order valence-electron chi connectivity index (χ3n) is 2.51. The topological polar surface area (TPSA) is 84.3 Å². The van der Waals surface area contributed by atoms with Crippen molar-refractivity contribution in [2.24, 2.45) is 0 Å². The van der Waals surface area contributed by atoms with Crippen LogP contribution in [0.1, 0.15) is 18.5 Å². The minimum Gasteiger partial charge on any atom is -0.474 e. The minimum absolute atomic E-state index is 0.140. The number of hydrogen-bond acceptors (Lipinski definition) is 5. The van der Waals surface area contributed by atoms with Crippen molar-refractivity contribution in [3.05, 3.63) is 18.1 Å². The number of carbonyl (C=O) groups is 1. The Morgan fingerprint density at radius 2 is 2.22 bits per heavy atom. The molecule has 0 unspecified atom stereocenters. The first-order valence-electron chi connectivity index (χ1n) is 5.68. The first-order valence-corrected chi connectivity index (χ1v) is 5.68. The lowest BCUT2D eigenvalue weighted by Crippen LogP contribution is -2.34. The number of nitrogens with one attached hydrogen (secondary N) is 1. The zero-order chi connectivity index (χ0) is 12.8. The fourth-order valence-corrected chi connectivity index (χ4v) is 1.67. The predicted octanol–water partition coefficient (Wildman–Crippen LogP) is 0.0435. The molecule has 0 amide bonds. The quantitative estimate of drug-likeness (QED) is 0.718. The van der Waals surface area contributed by atoms with Gasteiger partial charge in [0, 0.05) is 12.0 Å². The fourth-order valence-electron chi connectivity index (χ4n) is 1.67. The lowest BCUT2D eigenvalue weighted by molar-refractivity contribution is -0.130. The molecule has 0 saturated carbocycles. The minimum atomic E-state index is -1.19. The van der Waals surface area contributed by atoms with E-state index >= 15 is 0 Å². The number of ether oxygens (including phenoxy) is 1. The normalized spacial score (nSPS) is 15.6. The maximum atomic E-state index is 10.3. The van der Waals surface area contributed by atoms with E-state index in [1.807, 2.05) is 5.92 Å². The van der Waals surface area contributed by atoms with Crippen LogP contribution >= 0.6 is 0 Å². The summed E-state index contributed by atoms with van der Waals surface area (Å²) < 4.78 is 5.70. The highest BCUT2D eigenvalue weighted by molar-refractivity contribution is 5.87. The van der Waals surface area contributed by atoms with Gasteiger partial charge in [-0.3, -0.25) is 0 Å². The summed E-state index contributed by atoms with van der Waals surface area (Å²) in [4.78, 5) is 18.2. The first-order chi connectivity index (χ1) is 8.74. The van der Waals surface area contributed by atoms with E-state index in [-0.39, 0.29) is 6.10 Å². The van der Waals surface area contributed by atoms with Crippen molar-refractivity contribution in [1.29, 1.82) is 0 Å². The van der Waals surface area contributed by atoms with Crippen molar-refractivity contribution < 1.29 is 14.6 Å². The van der Waals surface area contributed by atoms with Crippen molar-refractivity contribution in [2.75, 3.05) is 13.1 Å². The summed E-state index contributed by atoms with van der Waals surface area (Å²) in [5.74, 6) is 3.68. The molecule has 6 heteroatoms. The van der Waals surface area contributed by atoms with Crippen LogP contribution in [0.4, 0.5) is 0 Å². The van der Waals surface area contributed by atoms with E-state index in [2.05, 4.69) is 21.2 Å². The number of carboxylic acids is 1. The van der Waals surface area contributed by atoms with Crippen molar-refractivity contribution in [3.8, 4) is 17.7 Å². The largest absolute Gasteiger partial charge is 0.474 e. The summed E-state index contributed by atoms with van der Waals surface area (Å²) in [7, 11) is 0. The van der Waals surface area contributed by atoms with E-state index in [9.17, 15) is 4.79 Å². The van der Waals surface area contributed by atoms with Crippen molar-refractivity contribution in [2.45, 2.75) is 18.9 Å². The van der Waals surface area contributed by atoms with Gasteiger partial charge >= 0.3 is 5.97 Å². The number of rotatable bonds is 2. The van der Waals surface area contributed by atoms with E-state index < -0.39 is 5.97 Å². The molecule has 0 aromatic carbocycles. The predicted molar refractivity (Wildman–Crippen MR) is 63.1 cm³/mol. The first kappa shape index (κ1) is 12.3. The number of aromatic nitrogens is 2. The average Bonchev–Trinajstić information content (AvgIpc) is 2.38. The van der Waals surface area contributed by atoms with Crippen LogP contribution in [0.25, 0.3) is 0 Å². The highest BCUT2D eigenvalue weighted by Crippen LogP contribution is 2.13. The molecular formula is C12H13N3O3. The summed E-state index contributed by atoms with van der Waals surface area (Å²) in [6, 6.07) is 1.55. The lowest BCUT2D eigenvalue weighted by Gasteiger charge is -2.23. The lowest BCUT2D eigenvalue weighted by atomic mass is 10.1. The van der Waals surface area contributed by atoms with Crippen LogP contribution in [0.5, 0.6) is 5.88 Å². The van der Waals surface area contributed by atoms with E-state index in [4.69, 9.17) is 9.84 Å². The molecule has 0 radical (unpaired) electrons. The van der Waals surface area contributed by atoms with Gasteiger partial charge in [0.2, 0.25) is 5.88 Å². The summed E-state index contributed by atoms with van der Waals surface area (Å²) in [5, 5.41) is 11.7. The summed E-state index contributed by atoms with van der Waals surface area (Å²) in [5.41, 5.74) is 0.344. The van der Waals surface area contributed by atoms with Gasteiger partial charge in [-0.2, -0.15) is 0 Å². The molecular weight excluding hydrogens is 234 g/mol. The summed E-state index contributed by atoms with van der Waals surface area (Å²) in [6.07, 6.45) is 3.32. The number of piperidine rings is 1. The second-order valence-corrected chi connectivity index (χ2v) is 3.86. The molecule has 18 heavy (non-hydrogen) atoms.